The smallest absolute Gasteiger partial charge is 0.276 e. The molecule has 148 valence electrons. The summed E-state index contributed by atoms with van der Waals surface area (Å²) in [5, 5.41) is 8.18. The number of carbonyl (C=O) groups excluding carboxylic acids is 1. The van der Waals surface area contributed by atoms with E-state index in [4.69, 9.17) is 0 Å². The summed E-state index contributed by atoms with van der Waals surface area (Å²) in [5.74, 6) is -0.397. The van der Waals surface area contributed by atoms with Gasteiger partial charge in [0.2, 0.25) is 0 Å². The third-order valence-electron chi connectivity index (χ3n) is 5.18. The van der Waals surface area contributed by atoms with E-state index >= 15 is 0 Å². The second kappa shape index (κ2) is 8.82. The zero-order valence-electron chi connectivity index (χ0n) is 16.1. The molecule has 0 bridgehead atoms. The minimum Gasteiger partial charge on any atom is -0.330 e. The number of halogens is 1. The Balaban J connectivity index is 1.45. The number of benzene rings is 2. The SMILES string of the molecule is O=C(c1cn(CC=Cc2ccccc2)nn1)N1CCCCC1c1ccc(F)cc1. The lowest BCUT2D eigenvalue weighted by molar-refractivity contribution is 0.0605. The Morgan fingerprint density at radius 2 is 1.90 bits per heavy atom. The van der Waals surface area contributed by atoms with Gasteiger partial charge in [-0.05, 0) is 42.5 Å². The molecule has 3 aromatic rings. The predicted molar refractivity (Wildman–Crippen MR) is 110 cm³/mol. The zero-order chi connectivity index (χ0) is 20.1. The van der Waals surface area contributed by atoms with Crippen LogP contribution in [0.2, 0.25) is 0 Å². The lowest BCUT2D eigenvalue weighted by atomic mass is 9.95. The molecular weight excluding hydrogens is 367 g/mol. The molecule has 1 aliphatic rings. The first-order chi connectivity index (χ1) is 14.2. The van der Waals surface area contributed by atoms with Gasteiger partial charge in [-0.1, -0.05) is 59.8 Å². The topological polar surface area (TPSA) is 51.0 Å². The maximum atomic E-state index is 13.3. The second-order valence-electron chi connectivity index (χ2n) is 7.20. The van der Waals surface area contributed by atoms with Gasteiger partial charge in [0.25, 0.3) is 5.91 Å². The first kappa shape index (κ1) is 19.1. The molecule has 5 nitrogen and oxygen atoms in total. The molecular formula is C23H23FN4O. The largest absolute Gasteiger partial charge is 0.330 e. The number of allylic oxidation sites excluding steroid dienone is 1. The van der Waals surface area contributed by atoms with Crippen LogP contribution in [0.4, 0.5) is 4.39 Å². The normalized spacial score (nSPS) is 17.0. The van der Waals surface area contributed by atoms with Crippen molar-refractivity contribution in [3.63, 3.8) is 0 Å². The van der Waals surface area contributed by atoms with E-state index in [0.717, 1.165) is 30.4 Å². The van der Waals surface area contributed by atoms with Crippen LogP contribution >= 0.6 is 0 Å². The van der Waals surface area contributed by atoms with Crippen molar-refractivity contribution in [1.29, 1.82) is 0 Å². The highest BCUT2D eigenvalue weighted by Gasteiger charge is 2.30. The molecule has 1 amide bonds. The van der Waals surface area contributed by atoms with Crippen LogP contribution in [-0.4, -0.2) is 32.3 Å². The van der Waals surface area contributed by atoms with Gasteiger partial charge in [0, 0.05) is 6.54 Å². The quantitative estimate of drug-likeness (QED) is 0.645. The molecule has 0 radical (unpaired) electrons. The van der Waals surface area contributed by atoms with Crippen LogP contribution in [0.1, 0.15) is 46.9 Å². The average molecular weight is 390 g/mol. The van der Waals surface area contributed by atoms with Crippen LogP contribution in [-0.2, 0) is 6.54 Å². The van der Waals surface area contributed by atoms with E-state index in [9.17, 15) is 9.18 Å². The number of nitrogens with zero attached hydrogens (tertiary/aromatic N) is 4. The molecule has 1 unspecified atom stereocenters. The van der Waals surface area contributed by atoms with E-state index in [1.807, 2.05) is 47.4 Å². The molecule has 0 saturated carbocycles. The fourth-order valence-corrected chi connectivity index (χ4v) is 3.70. The molecule has 2 aromatic carbocycles. The van der Waals surface area contributed by atoms with Crippen molar-refractivity contribution in [3.05, 3.63) is 89.5 Å². The molecule has 1 aliphatic heterocycles. The zero-order valence-corrected chi connectivity index (χ0v) is 16.1. The molecule has 1 aromatic heterocycles. The molecule has 4 rings (SSSR count). The highest BCUT2D eigenvalue weighted by molar-refractivity contribution is 5.92. The maximum Gasteiger partial charge on any atom is 0.276 e. The minimum atomic E-state index is -0.270. The van der Waals surface area contributed by atoms with E-state index in [1.54, 1.807) is 23.0 Å². The summed E-state index contributed by atoms with van der Waals surface area (Å²) >= 11 is 0. The maximum absolute atomic E-state index is 13.3. The van der Waals surface area contributed by atoms with Crippen molar-refractivity contribution in [2.75, 3.05) is 6.54 Å². The Morgan fingerprint density at radius 3 is 2.69 bits per heavy atom. The number of hydrogen-bond acceptors (Lipinski definition) is 3. The first-order valence-electron chi connectivity index (χ1n) is 9.89. The van der Waals surface area contributed by atoms with Gasteiger partial charge in [-0.3, -0.25) is 4.79 Å². The Hall–Kier alpha value is -3.28. The van der Waals surface area contributed by atoms with Crippen molar-refractivity contribution < 1.29 is 9.18 Å². The number of amides is 1. The Kier molecular flexibility index (Phi) is 5.79. The summed E-state index contributed by atoms with van der Waals surface area (Å²) in [5.41, 5.74) is 2.41. The highest BCUT2D eigenvalue weighted by atomic mass is 19.1. The van der Waals surface area contributed by atoms with Crippen LogP contribution in [0.5, 0.6) is 0 Å². The minimum absolute atomic E-state index is 0.0556. The third kappa shape index (κ3) is 4.59. The summed E-state index contributed by atoms with van der Waals surface area (Å²) < 4.78 is 14.9. The van der Waals surface area contributed by atoms with E-state index < -0.39 is 0 Å². The van der Waals surface area contributed by atoms with Crippen LogP contribution in [0.3, 0.4) is 0 Å². The lowest BCUT2D eigenvalue weighted by Crippen LogP contribution is -2.38. The summed E-state index contributed by atoms with van der Waals surface area (Å²) in [7, 11) is 0. The molecule has 0 N–H and O–H groups in total. The fraction of sp³-hybridized carbons (Fsp3) is 0.261. The fourth-order valence-electron chi connectivity index (χ4n) is 3.70. The van der Waals surface area contributed by atoms with Crippen molar-refractivity contribution in [3.8, 4) is 0 Å². The van der Waals surface area contributed by atoms with Crippen LogP contribution in [0.15, 0.2) is 66.9 Å². The number of carbonyl (C=O) groups is 1. The third-order valence-corrected chi connectivity index (χ3v) is 5.18. The van der Waals surface area contributed by atoms with Gasteiger partial charge in [0.1, 0.15) is 5.82 Å². The molecule has 2 heterocycles. The molecule has 0 aliphatic carbocycles. The molecule has 1 saturated heterocycles. The molecule has 1 atom stereocenters. The van der Waals surface area contributed by atoms with E-state index in [0.29, 0.717) is 18.8 Å². The molecule has 29 heavy (non-hydrogen) atoms. The van der Waals surface area contributed by atoms with E-state index in [2.05, 4.69) is 10.3 Å². The van der Waals surface area contributed by atoms with Crippen LogP contribution < -0.4 is 0 Å². The van der Waals surface area contributed by atoms with Crippen molar-refractivity contribution in [2.45, 2.75) is 31.8 Å². The Bertz CT molecular complexity index is 982. The monoisotopic (exact) mass is 390 g/mol. The number of rotatable bonds is 5. The number of aromatic nitrogens is 3. The highest BCUT2D eigenvalue weighted by Crippen LogP contribution is 2.31. The average Bonchev–Trinajstić information content (AvgIpc) is 3.23. The van der Waals surface area contributed by atoms with E-state index in [1.165, 1.54) is 12.1 Å². The summed E-state index contributed by atoms with van der Waals surface area (Å²) in [4.78, 5) is 14.9. The lowest BCUT2D eigenvalue weighted by Gasteiger charge is -2.35. The standard InChI is InChI=1S/C23H23FN4O/c24-20-13-11-19(12-14-20)22-10-4-5-16-28(22)23(29)21-17-27(26-25-21)15-6-9-18-7-2-1-3-8-18/h1-3,6-9,11-14,17,22H,4-5,10,15-16H2. The summed E-state index contributed by atoms with van der Waals surface area (Å²) in [6, 6.07) is 16.4. The molecule has 0 spiro atoms. The first-order valence-corrected chi connectivity index (χ1v) is 9.89. The van der Waals surface area contributed by atoms with Gasteiger partial charge in [-0.15, -0.1) is 5.10 Å². The van der Waals surface area contributed by atoms with Gasteiger partial charge in [0.15, 0.2) is 5.69 Å². The molecule has 6 heteroatoms. The van der Waals surface area contributed by atoms with Crippen LogP contribution in [0.25, 0.3) is 6.08 Å². The van der Waals surface area contributed by atoms with Gasteiger partial charge < -0.3 is 4.90 Å². The van der Waals surface area contributed by atoms with E-state index in [-0.39, 0.29) is 17.8 Å². The van der Waals surface area contributed by atoms with Crippen molar-refractivity contribution in [2.24, 2.45) is 0 Å². The van der Waals surface area contributed by atoms with Crippen molar-refractivity contribution >= 4 is 12.0 Å². The summed E-state index contributed by atoms with van der Waals surface area (Å²) in [6.07, 6.45) is 8.55. The van der Waals surface area contributed by atoms with Gasteiger partial charge >= 0.3 is 0 Å². The number of hydrogen-bond donors (Lipinski definition) is 0. The van der Waals surface area contributed by atoms with Crippen LogP contribution in [0, 0.1) is 5.82 Å². The Labute approximate surface area is 169 Å². The second-order valence-corrected chi connectivity index (χ2v) is 7.20. The predicted octanol–water partition coefficient (Wildman–Crippen LogP) is 4.50. The number of piperidine rings is 1. The van der Waals surface area contributed by atoms with Gasteiger partial charge in [-0.2, -0.15) is 0 Å². The van der Waals surface area contributed by atoms with Gasteiger partial charge in [-0.25, -0.2) is 9.07 Å². The summed E-state index contributed by atoms with van der Waals surface area (Å²) in [6.45, 7) is 1.21. The molecule has 1 fully saturated rings. The Morgan fingerprint density at radius 1 is 1.10 bits per heavy atom. The van der Waals surface area contributed by atoms with Crippen molar-refractivity contribution in [1.82, 2.24) is 19.9 Å². The number of likely N-dealkylation sites (tertiary alicyclic amines) is 1. The van der Waals surface area contributed by atoms with Gasteiger partial charge in [0.05, 0.1) is 18.8 Å².